The Hall–Kier alpha value is -3.10. The number of methoxy groups -OCH3 is 1. The van der Waals surface area contributed by atoms with Gasteiger partial charge in [0.1, 0.15) is 18.1 Å². The molecule has 2 fully saturated rings. The third-order valence-electron chi connectivity index (χ3n) is 6.62. The maximum absolute atomic E-state index is 14.4. The topological polar surface area (TPSA) is 51.1 Å². The number of benzene rings is 3. The van der Waals surface area contributed by atoms with Crippen molar-refractivity contribution in [1.82, 2.24) is 4.90 Å². The molecule has 1 saturated carbocycles. The number of carbonyl (C=O) groups excluding carboxylic acids is 1. The van der Waals surface area contributed by atoms with Crippen LogP contribution >= 0.6 is 27.7 Å². The van der Waals surface area contributed by atoms with Crippen LogP contribution in [0.4, 0.5) is 10.1 Å². The molecule has 5 nitrogen and oxygen atoms in total. The lowest BCUT2D eigenvalue weighted by Crippen LogP contribution is -2.40. The van der Waals surface area contributed by atoms with E-state index in [0.717, 1.165) is 41.3 Å². The molecule has 0 N–H and O–H groups in total. The van der Waals surface area contributed by atoms with E-state index >= 15 is 0 Å². The van der Waals surface area contributed by atoms with Gasteiger partial charge >= 0.3 is 0 Å². The minimum absolute atomic E-state index is 0.0650. The van der Waals surface area contributed by atoms with E-state index in [2.05, 4.69) is 20.9 Å². The van der Waals surface area contributed by atoms with Gasteiger partial charge in [-0.25, -0.2) is 9.38 Å². The number of hydrogen-bond donors (Lipinski definition) is 0. The molecule has 3 aromatic rings. The Balaban J connectivity index is 1.45. The summed E-state index contributed by atoms with van der Waals surface area (Å²) in [5, 5.41) is 0.520. The van der Waals surface area contributed by atoms with Crippen LogP contribution in [0.2, 0.25) is 0 Å². The van der Waals surface area contributed by atoms with E-state index in [9.17, 15) is 9.18 Å². The second kappa shape index (κ2) is 12.2. The van der Waals surface area contributed by atoms with Gasteiger partial charge in [0.2, 0.25) is 0 Å². The van der Waals surface area contributed by atoms with Gasteiger partial charge in [-0.1, -0.05) is 61.7 Å². The van der Waals surface area contributed by atoms with Crippen LogP contribution in [-0.4, -0.2) is 29.1 Å². The summed E-state index contributed by atoms with van der Waals surface area (Å²) in [6.45, 7) is 0.400. The minimum atomic E-state index is -0.408. The molecule has 2 aliphatic rings. The summed E-state index contributed by atoms with van der Waals surface area (Å²) >= 11 is 4.90. The number of amides is 1. The standard InChI is InChI=1S/C30H28BrFN2O3S/c1-36-26-17-21(16-23(31)28(26)37-19-20-10-4-2-5-11-20)18-27-29(35)34(22-12-6-3-7-13-22)30(38-27)33-25-15-9-8-14-24(25)32/h2,4-5,8-11,14-18,22H,3,6-7,12-13,19H2,1H3/b27-18-,33-30?. The van der Waals surface area contributed by atoms with Crippen molar-refractivity contribution in [1.29, 1.82) is 0 Å². The third kappa shape index (κ3) is 5.97. The van der Waals surface area contributed by atoms with Gasteiger partial charge in [0.05, 0.1) is 16.5 Å². The van der Waals surface area contributed by atoms with Crippen molar-refractivity contribution in [3.8, 4) is 11.5 Å². The monoisotopic (exact) mass is 594 g/mol. The number of nitrogens with zero attached hydrogens (tertiary/aromatic N) is 2. The molecule has 0 unspecified atom stereocenters. The van der Waals surface area contributed by atoms with E-state index in [1.807, 2.05) is 48.5 Å². The van der Waals surface area contributed by atoms with E-state index < -0.39 is 5.82 Å². The highest BCUT2D eigenvalue weighted by Crippen LogP contribution is 2.41. The average molecular weight is 596 g/mol. The Kier molecular flexibility index (Phi) is 8.49. The van der Waals surface area contributed by atoms with Gasteiger partial charge in [0.15, 0.2) is 16.7 Å². The van der Waals surface area contributed by atoms with Crippen molar-refractivity contribution in [3.05, 3.63) is 93.1 Å². The van der Waals surface area contributed by atoms with Crippen molar-refractivity contribution < 1.29 is 18.7 Å². The summed E-state index contributed by atoms with van der Waals surface area (Å²) in [7, 11) is 1.59. The molecule has 1 amide bonds. The summed E-state index contributed by atoms with van der Waals surface area (Å²) in [6, 6.07) is 20.1. The van der Waals surface area contributed by atoms with Crippen molar-refractivity contribution in [2.75, 3.05) is 7.11 Å². The Labute approximate surface area is 234 Å². The number of ether oxygens (including phenoxy) is 2. The molecular weight excluding hydrogens is 567 g/mol. The highest BCUT2D eigenvalue weighted by molar-refractivity contribution is 9.10. The van der Waals surface area contributed by atoms with Gasteiger partial charge in [-0.2, -0.15) is 0 Å². The second-order valence-corrected chi connectivity index (χ2v) is 11.1. The molecule has 3 aromatic carbocycles. The number of hydrogen-bond acceptors (Lipinski definition) is 5. The summed E-state index contributed by atoms with van der Waals surface area (Å²) in [6.07, 6.45) is 6.98. The first-order valence-corrected chi connectivity index (χ1v) is 14.2. The number of rotatable bonds is 7. The smallest absolute Gasteiger partial charge is 0.267 e. The summed E-state index contributed by atoms with van der Waals surface area (Å²) in [5.41, 5.74) is 2.06. The van der Waals surface area contributed by atoms with E-state index in [4.69, 9.17) is 9.47 Å². The maximum Gasteiger partial charge on any atom is 0.267 e. The number of thioether (sulfide) groups is 1. The molecule has 0 bridgehead atoms. The molecule has 5 rings (SSSR count). The number of para-hydroxylation sites is 1. The van der Waals surface area contributed by atoms with Crippen LogP contribution in [0.25, 0.3) is 6.08 Å². The molecule has 1 aliphatic carbocycles. The second-order valence-electron chi connectivity index (χ2n) is 9.23. The van der Waals surface area contributed by atoms with Crippen molar-refractivity contribution in [3.63, 3.8) is 0 Å². The number of aliphatic imine (C=N–C) groups is 1. The lowest BCUT2D eigenvalue weighted by Gasteiger charge is -2.30. The molecule has 196 valence electrons. The first kappa shape index (κ1) is 26.5. The summed E-state index contributed by atoms with van der Waals surface area (Å²) in [5.74, 6) is 0.641. The Morgan fingerprint density at radius 3 is 2.55 bits per heavy atom. The van der Waals surface area contributed by atoms with E-state index in [1.54, 1.807) is 30.2 Å². The zero-order valence-electron chi connectivity index (χ0n) is 21.0. The highest BCUT2D eigenvalue weighted by atomic mass is 79.9. The quantitative estimate of drug-likeness (QED) is 0.259. The Morgan fingerprint density at radius 2 is 1.82 bits per heavy atom. The Morgan fingerprint density at radius 1 is 1.08 bits per heavy atom. The molecule has 0 spiro atoms. The van der Waals surface area contributed by atoms with Crippen LogP contribution < -0.4 is 9.47 Å². The van der Waals surface area contributed by atoms with Crippen molar-refractivity contribution >= 4 is 50.5 Å². The predicted molar refractivity (Wildman–Crippen MR) is 154 cm³/mol. The first-order valence-electron chi connectivity index (χ1n) is 12.6. The summed E-state index contributed by atoms with van der Waals surface area (Å²) in [4.78, 5) is 20.6. The van der Waals surface area contributed by atoms with Crippen LogP contribution in [0.5, 0.6) is 11.5 Å². The zero-order chi connectivity index (χ0) is 26.5. The first-order chi connectivity index (χ1) is 18.5. The molecule has 38 heavy (non-hydrogen) atoms. The lowest BCUT2D eigenvalue weighted by molar-refractivity contribution is -0.124. The molecule has 1 aliphatic heterocycles. The van der Waals surface area contributed by atoms with E-state index in [1.165, 1.54) is 24.2 Å². The van der Waals surface area contributed by atoms with Crippen LogP contribution in [0.15, 0.2) is 81.1 Å². The number of halogens is 2. The fourth-order valence-corrected chi connectivity index (χ4v) is 6.34. The van der Waals surface area contributed by atoms with Crippen LogP contribution in [0, 0.1) is 5.82 Å². The van der Waals surface area contributed by atoms with Crippen LogP contribution in [0.1, 0.15) is 43.2 Å². The van der Waals surface area contributed by atoms with Crippen LogP contribution in [-0.2, 0) is 11.4 Å². The van der Waals surface area contributed by atoms with Gasteiger partial charge in [-0.15, -0.1) is 0 Å². The van der Waals surface area contributed by atoms with Gasteiger partial charge in [0, 0.05) is 6.04 Å². The van der Waals surface area contributed by atoms with Gasteiger partial charge < -0.3 is 9.47 Å². The highest BCUT2D eigenvalue weighted by Gasteiger charge is 2.38. The largest absolute Gasteiger partial charge is 0.493 e. The number of amidine groups is 1. The average Bonchev–Trinajstić information content (AvgIpc) is 3.24. The fourth-order valence-electron chi connectivity index (χ4n) is 4.72. The zero-order valence-corrected chi connectivity index (χ0v) is 23.4. The van der Waals surface area contributed by atoms with Crippen LogP contribution in [0.3, 0.4) is 0 Å². The van der Waals surface area contributed by atoms with Crippen molar-refractivity contribution in [2.24, 2.45) is 4.99 Å². The van der Waals surface area contributed by atoms with Gasteiger partial charge in [-0.3, -0.25) is 9.69 Å². The van der Waals surface area contributed by atoms with E-state index in [0.29, 0.717) is 28.2 Å². The Bertz CT molecular complexity index is 1370. The molecule has 1 heterocycles. The van der Waals surface area contributed by atoms with E-state index in [-0.39, 0.29) is 17.6 Å². The number of carbonyl (C=O) groups is 1. The molecule has 0 aromatic heterocycles. The predicted octanol–water partition coefficient (Wildman–Crippen LogP) is 8.11. The van der Waals surface area contributed by atoms with Crippen molar-refractivity contribution in [2.45, 2.75) is 44.8 Å². The third-order valence-corrected chi connectivity index (χ3v) is 8.19. The molecule has 0 radical (unpaired) electrons. The maximum atomic E-state index is 14.4. The van der Waals surface area contributed by atoms with Gasteiger partial charge in [0.25, 0.3) is 5.91 Å². The molecule has 8 heteroatoms. The minimum Gasteiger partial charge on any atom is -0.493 e. The molecular formula is C30H28BrFN2O3S. The van der Waals surface area contributed by atoms with Gasteiger partial charge in [-0.05, 0) is 82.0 Å². The molecule has 0 atom stereocenters. The lowest BCUT2D eigenvalue weighted by atomic mass is 9.94. The molecule has 1 saturated heterocycles. The fraction of sp³-hybridized carbons (Fsp3) is 0.267. The normalized spacial score (nSPS) is 18.4. The summed E-state index contributed by atoms with van der Waals surface area (Å²) < 4.78 is 26.8. The SMILES string of the molecule is COc1cc(/C=C2\SC(=Nc3ccccc3F)N(C3CCCCC3)C2=O)cc(Br)c1OCc1ccccc1.